The van der Waals surface area contributed by atoms with E-state index in [1.54, 1.807) is 41.7 Å². The highest BCUT2D eigenvalue weighted by Crippen LogP contribution is 2.32. The third kappa shape index (κ3) is 18.6. The highest BCUT2D eigenvalue weighted by molar-refractivity contribution is 7.92. The van der Waals surface area contributed by atoms with Gasteiger partial charge in [0, 0.05) is 62.2 Å². The van der Waals surface area contributed by atoms with Crippen LogP contribution >= 0.6 is 22.9 Å². The number of hydrogen-bond donors (Lipinski definition) is 5. The molecule has 6 aromatic rings. The van der Waals surface area contributed by atoms with Gasteiger partial charge < -0.3 is 53.8 Å². The minimum Gasteiger partial charge on any atom is -0.497 e. The third-order valence-electron chi connectivity index (χ3n) is 14.6. The molecule has 0 aliphatic carbocycles. The van der Waals surface area contributed by atoms with Crippen molar-refractivity contribution in [2.75, 3.05) is 104 Å². The highest BCUT2D eigenvalue weighted by atomic mass is 35.5. The summed E-state index contributed by atoms with van der Waals surface area (Å²) in [5.74, 6) is -0.206. The molecule has 23 nitrogen and oxygen atoms in total. The average molecular weight is 1250 g/mol. The Morgan fingerprint density at radius 3 is 2.28 bits per heavy atom. The lowest BCUT2D eigenvalue weighted by atomic mass is 9.85. The van der Waals surface area contributed by atoms with Crippen LogP contribution < -0.4 is 24.8 Å². The van der Waals surface area contributed by atoms with Gasteiger partial charge in [0.05, 0.1) is 80.6 Å². The fourth-order valence-corrected chi connectivity index (χ4v) is 12.3. The van der Waals surface area contributed by atoms with E-state index in [2.05, 4.69) is 40.4 Å². The van der Waals surface area contributed by atoms with Crippen molar-refractivity contribution in [2.24, 2.45) is 5.41 Å². The molecule has 2 aliphatic rings. The molecule has 3 amide bonds. The number of methoxy groups -OCH3 is 1. The smallest absolute Gasteiger partial charge is 0.263 e. The van der Waals surface area contributed by atoms with Gasteiger partial charge in [-0.15, -0.1) is 11.3 Å². The number of β-amino-alcohol motifs (C(OH)–C–C–N with tert-alkyl or cyclic N) is 1. The molecule has 0 radical (unpaired) electrons. The van der Waals surface area contributed by atoms with Crippen molar-refractivity contribution >= 4 is 67.4 Å². The number of nitrogens with zero attached hydrogens (tertiary/aromatic N) is 6. The number of morpholine rings is 1. The number of aromatic amines is 1. The summed E-state index contributed by atoms with van der Waals surface area (Å²) in [7, 11) is -2.57. The molecular weight excluding hydrogens is 1170 g/mol. The van der Waals surface area contributed by atoms with Crippen LogP contribution in [0.25, 0.3) is 32.9 Å². The summed E-state index contributed by atoms with van der Waals surface area (Å²) in [5.41, 5.74) is 6.16. The lowest BCUT2D eigenvalue weighted by Crippen LogP contribution is -2.58. The number of carbonyl (C=O) groups is 3. The fourth-order valence-electron chi connectivity index (χ4n) is 9.94. The lowest BCUT2D eigenvalue weighted by Gasteiger charge is -2.35. The molecule has 3 aromatic carbocycles. The van der Waals surface area contributed by atoms with Crippen molar-refractivity contribution in [3.8, 4) is 33.5 Å². The molecular formula is C60H79ClN10O13S2. The Morgan fingerprint density at radius 1 is 0.884 bits per heavy atom. The Labute approximate surface area is 511 Å². The number of nitrogens with one attached hydrogen (secondary N) is 4. The van der Waals surface area contributed by atoms with Gasteiger partial charge in [0.2, 0.25) is 23.6 Å². The molecule has 5 heterocycles. The number of ether oxygens (including phenoxy) is 7. The SMILES string of the molecule is COc1ccc(Cl)c(S(=O)(=O)Nc2ccc(-c3nc(OC[C@H]4CN(CCCCCCOCCOCCOCCOCC(=O)N[C@H](C(=O)N5C[C@H](O)C[C@H]5C(=O)NCc5ccc(-c6scnc6C)cc5)C(C)(C)C)CCO4)c4c(C)[nH]nc4n3)cc2)c1. The number of fused-ring (bicyclic) bond motifs is 1. The van der Waals surface area contributed by atoms with Gasteiger partial charge in [0.25, 0.3) is 10.0 Å². The molecule has 466 valence electrons. The van der Waals surface area contributed by atoms with Crippen LogP contribution in [0.3, 0.4) is 0 Å². The number of halogens is 1. The minimum atomic E-state index is -4.02. The highest BCUT2D eigenvalue weighted by Gasteiger charge is 2.44. The van der Waals surface area contributed by atoms with Crippen LogP contribution in [0.1, 0.15) is 69.8 Å². The number of rotatable bonds is 32. The molecule has 2 saturated heterocycles. The van der Waals surface area contributed by atoms with E-state index >= 15 is 0 Å². The van der Waals surface area contributed by atoms with Gasteiger partial charge in [0.15, 0.2) is 11.5 Å². The number of thiazole rings is 1. The van der Waals surface area contributed by atoms with Crippen LogP contribution in [0.4, 0.5) is 5.69 Å². The van der Waals surface area contributed by atoms with Crippen LogP contribution in [0.5, 0.6) is 11.6 Å². The summed E-state index contributed by atoms with van der Waals surface area (Å²) in [6, 6.07) is 17.1. The van der Waals surface area contributed by atoms with E-state index < -0.39 is 45.4 Å². The van der Waals surface area contributed by atoms with Gasteiger partial charge in [-0.25, -0.2) is 18.4 Å². The summed E-state index contributed by atoms with van der Waals surface area (Å²) in [6.07, 6.45) is 3.18. The van der Waals surface area contributed by atoms with Gasteiger partial charge in [-0.05, 0) is 86.2 Å². The van der Waals surface area contributed by atoms with Crippen LogP contribution in [-0.2, 0) is 54.6 Å². The van der Waals surface area contributed by atoms with E-state index in [0.717, 1.165) is 72.7 Å². The number of anilines is 1. The van der Waals surface area contributed by atoms with E-state index in [1.165, 1.54) is 24.1 Å². The van der Waals surface area contributed by atoms with Crippen molar-refractivity contribution in [3.63, 3.8) is 0 Å². The first kappa shape index (κ1) is 65.6. The lowest BCUT2D eigenvalue weighted by molar-refractivity contribution is -0.144. The molecule has 0 saturated carbocycles. The minimum absolute atomic E-state index is 0.0205. The molecule has 0 unspecified atom stereocenters. The van der Waals surface area contributed by atoms with Gasteiger partial charge >= 0.3 is 0 Å². The normalized spacial score (nSPS) is 17.0. The molecule has 2 aliphatic heterocycles. The number of unbranched alkanes of at least 4 members (excludes halogenated alkanes) is 3. The van der Waals surface area contributed by atoms with Crippen molar-refractivity contribution in [1.82, 2.24) is 45.6 Å². The zero-order valence-electron chi connectivity index (χ0n) is 49.6. The number of carbonyl (C=O) groups excluding carboxylic acids is 3. The maximum absolute atomic E-state index is 14.0. The molecule has 26 heteroatoms. The Kier molecular flexibility index (Phi) is 24.0. The van der Waals surface area contributed by atoms with Gasteiger partial charge in [-0.2, -0.15) is 10.1 Å². The largest absolute Gasteiger partial charge is 0.497 e. The van der Waals surface area contributed by atoms with Crippen LogP contribution in [-0.4, -0.2) is 190 Å². The molecule has 8 rings (SSSR count). The number of aromatic nitrogens is 5. The fraction of sp³-hybridized carbons (Fsp3) is 0.517. The molecule has 3 aromatic heterocycles. The number of aryl methyl sites for hydroxylation is 2. The maximum Gasteiger partial charge on any atom is 0.263 e. The van der Waals surface area contributed by atoms with E-state index in [1.807, 2.05) is 64.4 Å². The van der Waals surface area contributed by atoms with Gasteiger partial charge in [-0.3, -0.25) is 29.1 Å². The second kappa shape index (κ2) is 31.5. The summed E-state index contributed by atoms with van der Waals surface area (Å²) in [5, 5.41) is 24.4. The van der Waals surface area contributed by atoms with Crippen LogP contribution in [0.15, 0.2) is 77.1 Å². The first-order valence-electron chi connectivity index (χ1n) is 28.9. The molecule has 86 heavy (non-hydrogen) atoms. The van der Waals surface area contributed by atoms with Crippen molar-refractivity contribution in [1.29, 1.82) is 0 Å². The molecule has 0 spiro atoms. The summed E-state index contributed by atoms with van der Waals surface area (Å²) in [6.45, 7) is 15.4. The van der Waals surface area contributed by atoms with Crippen LogP contribution in [0.2, 0.25) is 5.02 Å². The zero-order chi connectivity index (χ0) is 61.2. The molecule has 5 N–H and O–H groups in total. The number of amides is 3. The number of likely N-dealkylation sites (tertiary alicyclic amines) is 1. The predicted octanol–water partition coefficient (Wildman–Crippen LogP) is 6.74. The first-order chi connectivity index (χ1) is 41.4. The molecule has 0 bridgehead atoms. The Balaban J connectivity index is 0.641. The standard InChI is InChI=1S/C60H79ClN10O13S2/c1-39-52-56(68-67-39)65-55(43-15-17-44(18-16-43)69-86(76,77)50-32-46(78-6)19-20-48(50)61)66-58(52)84-36-47-35-70(22-24-83-47)21-9-7-8-10-23-79-25-26-80-27-28-81-29-30-82-37-51(73)64-54(60(3,4)5)59(75)71-34-45(72)31-49(71)57(74)62-33-41-11-13-42(14-12-41)53-40(2)63-38-85-53/h11-20,32,38,45,47,49,54,69,72H,7-10,21-31,33-37H2,1-6H3,(H,62,74)(H,64,73)(H,65,66,67,68)/t45-,47-,49+,54-/m1/s1. The van der Waals surface area contributed by atoms with Crippen molar-refractivity contribution < 1.29 is 61.1 Å². The second-order valence-corrected chi connectivity index (χ2v) is 25.1. The zero-order valence-corrected chi connectivity index (χ0v) is 52.0. The maximum atomic E-state index is 14.0. The third-order valence-corrected chi connectivity index (χ3v) is 17.4. The first-order valence-corrected chi connectivity index (χ1v) is 31.6. The quantitative estimate of drug-likeness (QED) is 0.0273. The van der Waals surface area contributed by atoms with E-state index in [0.29, 0.717) is 79.4 Å². The van der Waals surface area contributed by atoms with Crippen molar-refractivity contribution in [2.45, 2.75) is 102 Å². The summed E-state index contributed by atoms with van der Waals surface area (Å²) >= 11 is 7.79. The van der Waals surface area contributed by atoms with E-state index in [-0.39, 0.29) is 67.9 Å². The van der Waals surface area contributed by atoms with Gasteiger partial charge in [0.1, 0.15) is 47.4 Å². The Morgan fingerprint density at radius 2 is 1.58 bits per heavy atom. The predicted molar refractivity (Wildman–Crippen MR) is 326 cm³/mol. The number of sulfonamides is 1. The molecule has 4 atom stereocenters. The van der Waals surface area contributed by atoms with Crippen LogP contribution in [0, 0.1) is 19.3 Å². The number of H-pyrrole nitrogens is 1. The monoisotopic (exact) mass is 1250 g/mol. The summed E-state index contributed by atoms with van der Waals surface area (Å²) < 4.78 is 69.2. The Bertz CT molecular complexity index is 3290. The van der Waals surface area contributed by atoms with E-state index in [9.17, 15) is 27.9 Å². The number of benzene rings is 3. The number of aliphatic hydroxyl groups excluding tert-OH is 1. The number of hydrogen-bond acceptors (Lipinski definition) is 19. The van der Waals surface area contributed by atoms with E-state index in [4.69, 9.17) is 49.7 Å². The average Bonchev–Trinajstić information content (AvgIpc) is 2.22. The topological polar surface area (TPSA) is 280 Å². The van der Waals surface area contributed by atoms with Crippen molar-refractivity contribution in [3.05, 3.63) is 94.2 Å². The van der Waals surface area contributed by atoms with Gasteiger partial charge in [-0.1, -0.05) is 69.5 Å². The summed E-state index contributed by atoms with van der Waals surface area (Å²) in [4.78, 5) is 58.9. The second-order valence-electron chi connectivity index (χ2n) is 22.2. The number of aliphatic hydroxyl groups is 1. The Hall–Kier alpha value is -6.39. The molecule has 2 fully saturated rings.